The molecule has 0 aromatic rings. The molecule has 8 unspecified atom stereocenters. The summed E-state index contributed by atoms with van der Waals surface area (Å²) < 4.78 is 0. The summed E-state index contributed by atoms with van der Waals surface area (Å²) in [7, 11) is 0. The molecule has 3 aliphatic rings. The van der Waals surface area contributed by atoms with Crippen LogP contribution in [0, 0.1) is 39.9 Å². The van der Waals surface area contributed by atoms with Gasteiger partial charge < -0.3 is 15.0 Å². The molecule has 3 aliphatic carbocycles. The Bertz CT molecular complexity index is 729. The maximum absolute atomic E-state index is 11.4. The lowest BCUT2D eigenvalue weighted by molar-refractivity contribution is -0.153. The Kier molecular flexibility index (Phi) is 11.4. The Labute approximate surface area is 236 Å². The number of unbranched alkanes of at least 4 members (excludes halogenated alkanes) is 11. The zero-order valence-electron chi connectivity index (χ0n) is 26.2. The summed E-state index contributed by atoms with van der Waals surface area (Å²) in [6.45, 7) is 13.4. The van der Waals surface area contributed by atoms with Gasteiger partial charge in [0, 0.05) is 5.41 Å². The van der Waals surface area contributed by atoms with Gasteiger partial charge in [0.25, 0.3) is 0 Å². The van der Waals surface area contributed by atoms with E-state index in [0.717, 1.165) is 38.0 Å². The number of carbonyl (C=O) groups excluding carboxylic acids is 1. The molecule has 222 valence electrons. The molecule has 1 spiro atoms. The first-order chi connectivity index (χ1) is 17.9. The number of aliphatic hydroxyl groups excluding tert-OH is 1. The molecule has 3 fully saturated rings. The van der Waals surface area contributed by atoms with Crippen molar-refractivity contribution in [2.45, 2.75) is 175 Å². The molecular formula is C35H64O3. The lowest BCUT2D eigenvalue weighted by atomic mass is 9.63. The Morgan fingerprint density at radius 3 is 1.89 bits per heavy atom. The van der Waals surface area contributed by atoms with Crippen molar-refractivity contribution in [3.05, 3.63) is 0 Å². The summed E-state index contributed by atoms with van der Waals surface area (Å²) in [5, 5.41) is 22.1. The van der Waals surface area contributed by atoms with Crippen LogP contribution < -0.4 is 0 Å². The van der Waals surface area contributed by atoms with Crippen LogP contribution in [-0.2, 0) is 4.79 Å². The quantitative estimate of drug-likeness (QED) is 0.137. The molecular weight excluding hydrogens is 468 g/mol. The first-order valence-electron chi connectivity index (χ1n) is 16.8. The highest BCUT2D eigenvalue weighted by atomic mass is 16.3. The van der Waals surface area contributed by atoms with Crippen LogP contribution in [0.25, 0.3) is 0 Å². The van der Waals surface area contributed by atoms with Gasteiger partial charge in [-0.25, -0.2) is 0 Å². The maximum Gasteiger partial charge on any atom is 0.125 e. The molecule has 3 heteroatoms. The minimum Gasteiger partial charge on any atom is -0.390 e. The Morgan fingerprint density at radius 2 is 1.37 bits per heavy atom. The van der Waals surface area contributed by atoms with Gasteiger partial charge in [0.1, 0.15) is 6.29 Å². The van der Waals surface area contributed by atoms with E-state index in [2.05, 4.69) is 34.6 Å². The average molecular weight is 533 g/mol. The van der Waals surface area contributed by atoms with E-state index >= 15 is 0 Å². The van der Waals surface area contributed by atoms with Crippen molar-refractivity contribution in [2.24, 2.45) is 39.9 Å². The van der Waals surface area contributed by atoms with Gasteiger partial charge in [-0.3, -0.25) is 0 Å². The molecule has 3 saturated carbocycles. The van der Waals surface area contributed by atoms with Crippen LogP contribution in [0.15, 0.2) is 0 Å². The fourth-order valence-corrected chi connectivity index (χ4v) is 10.1. The van der Waals surface area contributed by atoms with E-state index in [0.29, 0.717) is 11.8 Å². The molecule has 0 amide bonds. The average Bonchev–Trinajstić information content (AvgIpc) is 3.25. The summed E-state index contributed by atoms with van der Waals surface area (Å²) in [4.78, 5) is 11.4. The molecule has 0 aromatic heterocycles. The van der Waals surface area contributed by atoms with E-state index in [4.69, 9.17) is 0 Å². The van der Waals surface area contributed by atoms with Crippen LogP contribution in [0.1, 0.15) is 164 Å². The minimum atomic E-state index is -0.934. The fourth-order valence-electron chi connectivity index (χ4n) is 10.1. The molecule has 0 radical (unpaired) electrons. The number of hydrogen-bond acceptors (Lipinski definition) is 3. The van der Waals surface area contributed by atoms with E-state index in [1.165, 1.54) is 96.2 Å². The second-order valence-electron chi connectivity index (χ2n) is 15.4. The number of hydrogen-bond donors (Lipinski definition) is 2. The highest BCUT2D eigenvalue weighted by Crippen LogP contribution is 2.75. The highest BCUT2D eigenvalue weighted by Gasteiger charge is 2.72. The minimum absolute atomic E-state index is 0.0792. The third-order valence-electron chi connectivity index (χ3n) is 12.1. The van der Waals surface area contributed by atoms with Crippen molar-refractivity contribution in [3.63, 3.8) is 0 Å². The second-order valence-corrected chi connectivity index (χ2v) is 15.4. The molecule has 8 atom stereocenters. The maximum atomic E-state index is 11.4. The lowest BCUT2D eigenvalue weighted by Gasteiger charge is -2.47. The highest BCUT2D eigenvalue weighted by molar-refractivity contribution is 5.58. The molecule has 2 bridgehead atoms. The molecule has 38 heavy (non-hydrogen) atoms. The standard InChI is InChI=1S/C35H64O3/c1-7-21-33(5,26-36)22-19-17-15-13-11-9-8-10-12-14-16-18-20-28-23-27(2)35-24-29(32(3,4)31(28)35)34(6,38)30(37)25-35/h26-31,37-38H,7-25H2,1-6H3. The molecule has 0 saturated heterocycles. The van der Waals surface area contributed by atoms with Gasteiger partial charge in [0.2, 0.25) is 0 Å². The van der Waals surface area contributed by atoms with Crippen LogP contribution in [-0.4, -0.2) is 28.2 Å². The van der Waals surface area contributed by atoms with Crippen molar-refractivity contribution in [1.82, 2.24) is 0 Å². The number of fused-ring (bicyclic) bond motifs is 1. The normalized spacial score (nSPS) is 37.2. The smallest absolute Gasteiger partial charge is 0.125 e. The zero-order valence-corrected chi connectivity index (χ0v) is 26.2. The van der Waals surface area contributed by atoms with Crippen molar-refractivity contribution in [2.75, 3.05) is 0 Å². The third-order valence-corrected chi connectivity index (χ3v) is 12.1. The lowest BCUT2D eigenvalue weighted by Crippen LogP contribution is -2.53. The summed E-state index contributed by atoms with van der Waals surface area (Å²) >= 11 is 0. The van der Waals surface area contributed by atoms with Gasteiger partial charge in [0.15, 0.2) is 0 Å². The zero-order chi connectivity index (χ0) is 28.0. The first kappa shape index (κ1) is 32.1. The molecule has 0 heterocycles. The summed E-state index contributed by atoms with van der Waals surface area (Å²) in [6.07, 6.45) is 24.6. The van der Waals surface area contributed by atoms with Gasteiger partial charge in [0.05, 0.1) is 11.7 Å². The van der Waals surface area contributed by atoms with Crippen LogP contribution in [0.2, 0.25) is 0 Å². The van der Waals surface area contributed by atoms with Gasteiger partial charge in [-0.05, 0) is 73.5 Å². The predicted octanol–water partition coefficient (Wildman–Crippen LogP) is 9.27. The number of carbonyl (C=O) groups is 1. The Morgan fingerprint density at radius 1 is 0.842 bits per heavy atom. The van der Waals surface area contributed by atoms with E-state index in [-0.39, 0.29) is 22.2 Å². The third kappa shape index (κ3) is 6.89. The van der Waals surface area contributed by atoms with Crippen LogP contribution >= 0.6 is 0 Å². The summed E-state index contributed by atoms with van der Waals surface area (Å²) in [5.41, 5.74) is -0.645. The first-order valence-corrected chi connectivity index (χ1v) is 16.8. The van der Waals surface area contributed by atoms with E-state index in [9.17, 15) is 15.0 Å². The largest absolute Gasteiger partial charge is 0.390 e. The molecule has 3 nitrogen and oxygen atoms in total. The van der Waals surface area contributed by atoms with Crippen molar-refractivity contribution < 1.29 is 15.0 Å². The van der Waals surface area contributed by atoms with Gasteiger partial charge in [-0.1, -0.05) is 125 Å². The van der Waals surface area contributed by atoms with Crippen LogP contribution in [0.3, 0.4) is 0 Å². The molecule has 0 aromatic carbocycles. The van der Waals surface area contributed by atoms with Crippen LogP contribution in [0.5, 0.6) is 0 Å². The van der Waals surface area contributed by atoms with Crippen molar-refractivity contribution in [3.8, 4) is 0 Å². The topological polar surface area (TPSA) is 57.5 Å². The Balaban J connectivity index is 1.23. The predicted molar refractivity (Wildman–Crippen MR) is 160 cm³/mol. The van der Waals surface area contributed by atoms with E-state index in [1.54, 1.807) is 0 Å². The fraction of sp³-hybridized carbons (Fsp3) is 0.971. The second kappa shape index (κ2) is 13.5. The molecule has 3 rings (SSSR count). The van der Waals surface area contributed by atoms with E-state index < -0.39 is 11.7 Å². The number of aldehydes is 1. The molecule has 2 N–H and O–H groups in total. The van der Waals surface area contributed by atoms with Crippen molar-refractivity contribution >= 4 is 6.29 Å². The monoisotopic (exact) mass is 532 g/mol. The van der Waals surface area contributed by atoms with Gasteiger partial charge >= 0.3 is 0 Å². The summed E-state index contributed by atoms with van der Waals surface area (Å²) in [5.74, 6) is 2.32. The summed E-state index contributed by atoms with van der Waals surface area (Å²) in [6, 6.07) is 0. The molecule has 0 aliphatic heterocycles. The van der Waals surface area contributed by atoms with E-state index in [1.807, 2.05) is 6.92 Å². The van der Waals surface area contributed by atoms with Crippen LogP contribution in [0.4, 0.5) is 0 Å². The Hall–Kier alpha value is -0.410. The number of rotatable bonds is 18. The SMILES string of the molecule is CCCC(C)(C=O)CCCCCCCCCCCCCCC1CC(C)C23CC(O)C(C)(O)C(C2)C(C)(C)C13. The van der Waals surface area contributed by atoms with Gasteiger partial charge in [-0.15, -0.1) is 0 Å². The number of aliphatic hydroxyl groups is 2. The van der Waals surface area contributed by atoms with Crippen molar-refractivity contribution in [1.29, 1.82) is 0 Å². The van der Waals surface area contributed by atoms with Gasteiger partial charge in [-0.2, -0.15) is 0 Å².